The summed E-state index contributed by atoms with van der Waals surface area (Å²) in [5, 5.41) is 8.14. The zero-order valence-corrected chi connectivity index (χ0v) is 11.1. The lowest BCUT2D eigenvalue weighted by molar-refractivity contribution is -0.119. The minimum Gasteiger partial charge on any atom is -0.354 e. The maximum atomic E-state index is 11.8. The fourth-order valence-electron chi connectivity index (χ4n) is 1.79. The van der Waals surface area contributed by atoms with E-state index in [0.29, 0.717) is 24.7 Å². The first-order chi connectivity index (χ1) is 8.56. The van der Waals surface area contributed by atoms with Crippen LogP contribution in [0.2, 0.25) is 0 Å². The fourth-order valence-corrected chi connectivity index (χ4v) is 2.55. The van der Waals surface area contributed by atoms with E-state index in [1.807, 2.05) is 0 Å². The van der Waals surface area contributed by atoms with Crippen molar-refractivity contribution in [3.05, 3.63) is 10.4 Å². The first kappa shape index (κ1) is 12.8. The molecule has 1 fully saturated rings. The minimum absolute atomic E-state index is 0.0307. The minimum atomic E-state index is -0.315. The topological polar surface area (TPSA) is 83.1 Å². The third-order valence-corrected chi connectivity index (χ3v) is 3.79. The van der Waals surface area contributed by atoms with Gasteiger partial charge in [0, 0.05) is 13.0 Å². The Bertz CT molecular complexity index is 458. The van der Waals surface area contributed by atoms with Gasteiger partial charge in [0.05, 0.1) is 16.4 Å². The summed E-state index contributed by atoms with van der Waals surface area (Å²) in [4.78, 5) is 27.9. The van der Waals surface area contributed by atoms with Crippen molar-refractivity contribution in [3.63, 3.8) is 0 Å². The van der Waals surface area contributed by atoms with Crippen molar-refractivity contribution in [1.82, 2.24) is 15.6 Å². The summed E-state index contributed by atoms with van der Waals surface area (Å²) in [5.74, 6) is 0.893. The second kappa shape index (κ2) is 5.34. The zero-order chi connectivity index (χ0) is 13.1. The van der Waals surface area contributed by atoms with Gasteiger partial charge in [-0.3, -0.25) is 10.1 Å². The predicted molar refractivity (Wildman–Crippen MR) is 69.8 cm³/mol. The molecule has 0 bridgehead atoms. The van der Waals surface area contributed by atoms with Gasteiger partial charge in [0.25, 0.3) is 0 Å². The highest BCUT2D eigenvalue weighted by molar-refractivity contribution is 7.10. The highest BCUT2D eigenvalue weighted by Gasteiger charge is 2.23. The molecule has 1 unspecified atom stereocenters. The molecule has 2 heterocycles. The number of thiazole rings is 1. The van der Waals surface area contributed by atoms with Gasteiger partial charge in [-0.25, -0.2) is 9.78 Å². The molecule has 98 valence electrons. The molecule has 3 N–H and O–H groups in total. The third-order valence-electron chi connectivity index (χ3n) is 2.66. The molecule has 1 aromatic rings. The number of carbonyl (C=O) groups is 2. The molecular formula is C11H16N4O2S. The van der Waals surface area contributed by atoms with Gasteiger partial charge in [-0.05, 0) is 5.92 Å². The van der Waals surface area contributed by atoms with Crippen LogP contribution in [-0.4, -0.2) is 29.5 Å². The van der Waals surface area contributed by atoms with Gasteiger partial charge in [0.15, 0.2) is 0 Å². The van der Waals surface area contributed by atoms with E-state index in [-0.39, 0.29) is 18.0 Å². The average Bonchev–Trinajstić information content (AvgIpc) is 2.87. The molecule has 1 aliphatic heterocycles. The quantitative estimate of drug-likeness (QED) is 0.772. The van der Waals surface area contributed by atoms with Gasteiger partial charge in [0.2, 0.25) is 5.91 Å². The number of nitrogens with one attached hydrogen (secondary N) is 3. The van der Waals surface area contributed by atoms with Crippen LogP contribution in [-0.2, 0) is 4.79 Å². The van der Waals surface area contributed by atoms with E-state index in [9.17, 15) is 9.59 Å². The van der Waals surface area contributed by atoms with E-state index in [2.05, 4.69) is 34.8 Å². The van der Waals surface area contributed by atoms with E-state index in [1.165, 1.54) is 11.3 Å². The number of nitrogens with zero attached hydrogens (tertiary/aromatic N) is 1. The number of carbonyl (C=O) groups excluding carboxylic acids is 2. The summed E-state index contributed by atoms with van der Waals surface area (Å²) in [6, 6.07) is -0.456. The van der Waals surface area contributed by atoms with Crippen molar-refractivity contribution in [2.75, 3.05) is 11.9 Å². The summed E-state index contributed by atoms with van der Waals surface area (Å²) >= 11 is 1.52. The average molecular weight is 268 g/mol. The lowest BCUT2D eigenvalue weighted by Crippen LogP contribution is -2.39. The van der Waals surface area contributed by atoms with Gasteiger partial charge in [0.1, 0.15) is 5.82 Å². The van der Waals surface area contributed by atoms with Crippen LogP contribution in [0.15, 0.2) is 5.51 Å². The highest BCUT2D eigenvalue weighted by Crippen LogP contribution is 2.26. The molecule has 1 atom stereocenters. The summed E-state index contributed by atoms with van der Waals surface area (Å²) in [6.45, 7) is 4.59. The molecule has 0 aromatic carbocycles. The van der Waals surface area contributed by atoms with Crippen molar-refractivity contribution in [2.45, 2.75) is 32.2 Å². The van der Waals surface area contributed by atoms with Crippen LogP contribution in [0.25, 0.3) is 0 Å². The first-order valence-corrected chi connectivity index (χ1v) is 6.72. The maximum absolute atomic E-state index is 11.8. The monoisotopic (exact) mass is 268 g/mol. The van der Waals surface area contributed by atoms with E-state index < -0.39 is 0 Å². The molecule has 2 rings (SSSR count). The first-order valence-electron chi connectivity index (χ1n) is 5.84. The molecule has 1 saturated heterocycles. The molecule has 1 aromatic heterocycles. The van der Waals surface area contributed by atoms with Crippen LogP contribution >= 0.6 is 11.3 Å². The second-order valence-electron chi connectivity index (χ2n) is 4.52. The van der Waals surface area contributed by atoms with Crippen LogP contribution in [0.1, 0.15) is 31.1 Å². The molecule has 0 aliphatic carbocycles. The highest BCUT2D eigenvalue weighted by atomic mass is 32.1. The molecule has 0 saturated carbocycles. The van der Waals surface area contributed by atoms with Crippen LogP contribution < -0.4 is 16.0 Å². The van der Waals surface area contributed by atoms with Crippen molar-refractivity contribution in [1.29, 1.82) is 0 Å². The van der Waals surface area contributed by atoms with Crippen molar-refractivity contribution in [2.24, 2.45) is 0 Å². The molecular weight excluding hydrogens is 252 g/mol. The van der Waals surface area contributed by atoms with Crippen LogP contribution in [0, 0.1) is 0 Å². The Hall–Kier alpha value is -1.63. The Morgan fingerprint density at radius 2 is 2.39 bits per heavy atom. The normalized spacial score (nSPS) is 18.8. The van der Waals surface area contributed by atoms with Crippen LogP contribution in [0.4, 0.5) is 10.6 Å². The standard InChI is InChI=1S/C11H16N4O2S/c1-6(2)9-10(13-5-18-9)15-11(17)14-7-3-8(16)12-4-7/h5-7H,3-4H2,1-2H3,(H,12,16)(H2,14,15,17). The maximum Gasteiger partial charge on any atom is 0.320 e. The van der Waals surface area contributed by atoms with Gasteiger partial charge < -0.3 is 10.6 Å². The fraction of sp³-hybridized carbons (Fsp3) is 0.545. The van der Waals surface area contributed by atoms with E-state index in [4.69, 9.17) is 0 Å². The van der Waals surface area contributed by atoms with E-state index in [1.54, 1.807) is 5.51 Å². The van der Waals surface area contributed by atoms with Crippen molar-refractivity contribution >= 4 is 29.1 Å². The molecule has 1 aliphatic rings. The second-order valence-corrected chi connectivity index (χ2v) is 5.41. The third kappa shape index (κ3) is 2.98. The number of anilines is 1. The van der Waals surface area contributed by atoms with Crippen LogP contribution in [0.5, 0.6) is 0 Å². The van der Waals surface area contributed by atoms with Gasteiger partial charge in [-0.1, -0.05) is 13.8 Å². The Kier molecular flexibility index (Phi) is 3.81. The SMILES string of the molecule is CC(C)c1scnc1NC(=O)NC1CNC(=O)C1. The molecule has 7 heteroatoms. The van der Waals surface area contributed by atoms with Gasteiger partial charge >= 0.3 is 6.03 Å². The van der Waals surface area contributed by atoms with E-state index in [0.717, 1.165) is 4.88 Å². The van der Waals surface area contributed by atoms with Crippen LogP contribution in [0.3, 0.4) is 0 Å². The number of urea groups is 1. The number of aromatic nitrogens is 1. The predicted octanol–water partition coefficient (Wildman–Crippen LogP) is 1.28. The molecule has 0 radical (unpaired) electrons. The number of rotatable bonds is 3. The Morgan fingerprint density at radius 1 is 1.61 bits per heavy atom. The largest absolute Gasteiger partial charge is 0.354 e. The number of amides is 3. The molecule has 6 nitrogen and oxygen atoms in total. The summed E-state index contributed by atoms with van der Waals surface area (Å²) < 4.78 is 0. The van der Waals surface area contributed by atoms with Crippen molar-refractivity contribution < 1.29 is 9.59 Å². The Labute approximate surface area is 109 Å². The Morgan fingerprint density at radius 3 is 3.00 bits per heavy atom. The lowest BCUT2D eigenvalue weighted by atomic mass is 10.2. The summed E-state index contributed by atoms with van der Waals surface area (Å²) in [6.07, 6.45) is 0.335. The van der Waals surface area contributed by atoms with Gasteiger partial charge in [-0.15, -0.1) is 11.3 Å². The number of hydrogen-bond donors (Lipinski definition) is 3. The van der Waals surface area contributed by atoms with Crippen molar-refractivity contribution in [3.8, 4) is 0 Å². The van der Waals surface area contributed by atoms with Gasteiger partial charge in [-0.2, -0.15) is 0 Å². The molecule has 0 spiro atoms. The zero-order valence-electron chi connectivity index (χ0n) is 10.3. The Balaban J connectivity index is 1.91. The smallest absolute Gasteiger partial charge is 0.320 e. The molecule has 3 amide bonds. The number of hydrogen-bond acceptors (Lipinski definition) is 4. The molecule has 18 heavy (non-hydrogen) atoms. The summed E-state index contributed by atoms with van der Waals surface area (Å²) in [5.41, 5.74) is 1.71. The summed E-state index contributed by atoms with van der Waals surface area (Å²) in [7, 11) is 0. The van der Waals surface area contributed by atoms with E-state index >= 15 is 0 Å². The lowest BCUT2D eigenvalue weighted by Gasteiger charge is -2.12.